The van der Waals surface area contributed by atoms with E-state index in [1.54, 1.807) is 0 Å². The summed E-state index contributed by atoms with van der Waals surface area (Å²) in [6.07, 6.45) is 1.07. The normalized spacial score (nSPS) is 40.9. The second-order valence-electron chi connectivity index (χ2n) is 3.09. The predicted octanol–water partition coefficient (Wildman–Crippen LogP) is -0.694. The summed E-state index contributed by atoms with van der Waals surface area (Å²) >= 11 is 0. The SMILES string of the molecule is CNC1NC(C)NC(C)N1C. The fraction of sp³-hybridized carbons (Fsp3) is 1.00. The Labute approximate surface area is 68.3 Å². The zero-order valence-corrected chi connectivity index (χ0v) is 7.68. The van der Waals surface area contributed by atoms with Gasteiger partial charge in [-0.25, -0.2) is 0 Å². The summed E-state index contributed by atoms with van der Waals surface area (Å²) in [5, 5.41) is 9.91. The molecule has 0 bridgehead atoms. The maximum atomic E-state index is 3.37. The monoisotopic (exact) mass is 158 g/mol. The lowest BCUT2D eigenvalue weighted by atomic mass is 10.3. The third-order valence-corrected chi connectivity index (χ3v) is 2.19. The molecule has 0 amide bonds. The van der Waals surface area contributed by atoms with E-state index in [9.17, 15) is 0 Å². The van der Waals surface area contributed by atoms with Crippen LogP contribution in [0, 0.1) is 0 Å². The molecule has 1 aliphatic heterocycles. The molecule has 11 heavy (non-hydrogen) atoms. The Balaban J connectivity index is 2.51. The highest BCUT2D eigenvalue weighted by Gasteiger charge is 2.25. The minimum atomic E-state index is 0.279. The first kappa shape index (κ1) is 8.93. The van der Waals surface area contributed by atoms with Crippen molar-refractivity contribution >= 4 is 0 Å². The molecule has 1 fully saturated rings. The summed E-state index contributed by atoms with van der Waals surface area (Å²) in [7, 11) is 4.04. The van der Waals surface area contributed by atoms with Gasteiger partial charge in [0.2, 0.25) is 0 Å². The van der Waals surface area contributed by atoms with Crippen LogP contribution in [0.2, 0.25) is 0 Å². The van der Waals surface area contributed by atoms with E-state index in [0.717, 1.165) is 0 Å². The minimum absolute atomic E-state index is 0.279. The molecular weight excluding hydrogens is 140 g/mol. The first-order valence-corrected chi connectivity index (χ1v) is 4.06. The maximum Gasteiger partial charge on any atom is 0.116 e. The Morgan fingerprint density at radius 1 is 1.27 bits per heavy atom. The average molecular weight is 158 g/mol. The standard InChI is InChI=1S/C7H18N4/c1-5-9-6(2)11(4)7(8-3)10-5/h5-10H,1-4H3. The molecule has 0 aromatic carbocycles. The molecule has 0 saturated carbocycles. The summed E-state index contributed by atoms with van der Waals surface area (Å²) in [4.78, 5) is 2.21. The molecule has 1 rings (SSSR count). The molecule has 1 aliphatic rings. The van der Waals surface area contributed by atoms with Crippen molar-refractivity contribution in [3.8, 4) is 0 Å². The van der Waals surface area contributed by atoms with Gasteiger partial charge in [-0.1, -0.05) is 0 Å². The van der Waals surface area contributed by atoms with Crippen LogP contribution in [0.15, 0.2) is 0 Å². The summed E-state index contributed by atoms with van der Waals surface area (Å²) in [6, 6.07) is 0. The number of hydrogen-bond donors (Lipinski definition) is 3. The molecule has 0 aliphatic carbocycles. The smallest absolute Gasteiger partial charge is 0.116 e. The third kappa shape index (κ3) is 1.90. The molecule has 3 N–H and O–H groups in total. The molecule has 4 heteroatoms. The second-order valence-corrected chi connectivity index (χ2v) is 3.09. The minimum Gasteiger partial charge on any atom is -0.292 e. The largest absolute Gasteiger partial charge is 0.292 e. The predicted molar refractivity (Wildman–Crippen MR) is 45.8 cm³/mol. The van der Waals surface area contributed by atoms with Crippen molar-refractivity contribution in [2.75, 3.05) is 14.1 Å². The van der Waals surface area contributed by atoms with Crippen molar-refractivity contribution in [1.29, 1.82) is 0 Å². The number of hydrogen-bond acceptors (Lipinski definition) is 4. The summed E-state index contributed by atoms with van der Waals surface area (Å²) in [6.45, 7) is 4.27. The van der Waals surface area contributed by atoms with E-state index in [-0.39, 0.29) is 6.29 Å². The van der Waals surface area contributed by atoms with Crippen LogP contribution in [0.25, 0.3) is 0 Å². The molecule has 3 atom stereocenters. The fourth-order valence-corrected chi connectivity index (χ4v) is 1.39. The molecule has 3 unspecified atom stereocenters. The van der Waals surface area contributed by atoms with Gasteiger partial charge in [0.05, 0.1) is 12.3 Å². The highest BCUT2D eigenvalue weighted by atomic mass is 15.5. The van der Waals surface area contributed by atoms with E-state index in [1.807, 2.05) is 7.05 Å². The lowest BCUT2D eigenvalue weighted by Gasteiger charge is -2.42. The summed E-state index contributed by atoms with van der Waals surface area (Å²) < 4.78 is 0. The summed E-state index contributed by atoms with van der Waals surface area (Å²) in [5.74, 6) is 0. The van der Waals surface area contributed by atoms with Crippen molar-refractivity contribution in [3.05, 3.63) is 0 Å². The van der Waals surface area contributed by atoms with Crippen molar-refractivity contribution in [1.82, 2.24) is 20.9 Å². The van der Waals surface area contributed by atoms with Crippen LogP contribution in [0.3, 0.4) is 0 Å². The molecule has 1 heterocycles. The van der Waals surface area contributed by atoms with Crippen LogP contribution in [-0.4, -0.2) is 37.6 Å². The van der Waals surface area contributed by atoms with E-state index in [4.69, 9.17) is 0 Å². The van der Waals surface area contributed by atoms with E-state index in [2.05, 4.69) is 41.7 Å². The Morgan fingerprint density at radius 2 is 1.91 bits per heavy atom. The molecule has 4 nitrogen and oxygen atoms in total. The van der Waals surface area contributed by atoms with Gasteiger partial charge in [-0.05, 0) is 27.9 Å². The summed E-state index contributed by atoms with van der Waals surface area (Å²) in [5.41, 5.74) is 0. The van der Waals surface area contributed by atoms with Gasteiger partial charge in [-0.15, -0.1) is 0 Å². The number of nitrogens with one attached hydrogen (secondary N) is 3. The molecule has 0 spiro atoms. The van der Waals surface area contributed by atoms with E-state index < -0.39 is 0 Å². The van der Waals surface area contributed by atoms with Gasteiger partial charge in [0.15, 0.2) is 0 Å². The number of rotatable bonds is 1. The Kier molecular flexibility index (Phi) is 2.84. The highest BCUT2D eigenvalue weighted by Crippen LogP contribution is 2.01. The Bertz CT molecular complexity index is 128. The molecule has 0 aromatic rings. The lowest BCUT2D eigenvalue weighted by Crippen LogP contribution is -2.69. The lowest BCUT2D eigenvalue weighted by molar-refractivity contribution is 0.0437. The third-order valence-electron chi connectivity index (χ3n) is 2.19. The van der Waals surface area contributed by atoms with E-state index in [1.165, 1.54) is 0 Å². The fourth-order valence-electron chi connectivity index (χ4n) is 1.39. The van der Waals surface area contributed by atoms with Crippen LogP contribution < -0.4 is 16.0 Å². The zero-order valence-electron chi connectivity index (χ0n) is 7.68. The first-order chi connectivity index (χ1) is 5.15. The van der Waals surface area contributed by atoms with Crippen LogP contribution in [-0.2, 0) is 0 Å². The Hall–Kier alpha value is -0.160. The Morgan fingerprint density at radius 3 is 2.45 bits per heavy atom. The van der Waals surface area contributed by atoms with Crippen LogP contribution in [0.1, 0.15) is 13.8 Å². The van der Waals surface area contributed by atoms with Gasteiger partial charge < -0.3 is 0 Å². The zero-order chi connectivity index (χ0) is 8.43. The van der Waals surface area contributed by atoms with Crippen molar-refractivity contribution < 1.29 is 0 Å². The van der Waals surface area contributed by atoms with Gasteiger partial charge in [0, 0.05) is 0 Å². The van der Waals surface area contributed by atoms with E-state index in [0.29, 0.717) is 12.3 Å². The van der Waals surface area contributed by atoms with Gasteiger partial charge in [-0.2, -0.15) is 0 Å². The molecule has 1 saturated heterocycles. The molecule has 0 aromatic heterocycles. The van der Waals surface area contributed by atoms with E-state index >= 15 is 0 Å². The van der Waals surface area contributed by atoms with Gasteiger partial charge >= 0.3 is 0 Å². The van der Waals surface area contributed by atoms with Crippen LogP contribution in [0.4, 0.5) is 0 Å². The molecule has 66 valence electrons. The van der Waals surface area contributed by atoms with Gasteiger partial charge in [0.25, 0.3) is 0 Å². The van der Waals surface area contributed by atoms with Crippen molar-refractivity contribution in [3.63, 3.8) is 0 Å². The van der Waals surface area contributed by atoms with Gasteiger partial charge in [-0.3, -0.25) is 20.9 Å². The molecular formula is C7H18N4. The first-order valence-electron chi connectivity index (χ1n) is 4.06. The number of nitrogens with zero attached hydrogens (tertiary/aromatic N) is 1. The highest BCUT2D eigenvalue weighted by molar-refractivity contribution is 4.77. The molecule has 0 radical (unpaired) electrons. The van der Waals surface area contributed by atoms with Crippen molar-refractivity contribution in [2.24, 2.45) is 0 Å². The maximum absolute atomic E-state index is 3.37. The van der Waals surface area contributed by atoms with Gasteiger partial charge in [0.1, 0.15) is 6.29 Å². The van der Waals surface area contributed by atoms with Crippen molar-refractivity contribution in [2.45, 2.75) is 32.5 Å². The quantitative estimate of drug-likeness (QED) is 0.472. The van der Waals surface area contributed by atoms with Crippen LogP contribution >= 0.6 is 0 Å². The second kappa shape index (κ2) is 3.49. The average Bonchev–Trinajstić information content (AvgIpc) is 1.96. The topological polar surface area (TPSA) is 39.3 Å². The van der Waals surface area contributed by atoms with Crippen LogP contribution in [0.5, 0.6) is 0 Å².